The lowest BCUT2D eigenvalue weighted by Gasteiger charge is -2.26. The van der Waals surface area contributed by atoms with Gasteiger partial charge in [0.25, 0.3) is 0 Å². The highest BCUT2D eigenvalue weighted by molar-refractivity contribution is 5.81. The molecule has 0 aromatic heterocycles. The number of likely N-dealkylation sites (N-methyl/N-ethyl adjacent to an activating group) is 1. The van der Waals surface area contributed by atoms with Crippen LogP contribution in [0.15, 0.2) is 42.5 Å². The van der Waals surface area contributed by atoms with E-state index in [4.69, 9.17) is 0 Å². The van der Waals surface area contributed by atoms with Gasteiger partial charge in [0.2, 0.25) is 5.91 Å². The molecule has 1 aliphatic heterocycles. The monoisotopic (exact) mass is 502 g/mol. The maximum atomic E-state index is 13.6. The van der Waals surface area contributed by atoms with Crippen molar-refractivity contribution in [1.82, 2.24) is 14.7 Å². The van der Waals surface area contributed by atoms with E-state index >= 15 is 0 Å². The number of halogens is 3. The minimum absolute atomic E-state index is 0.0455. The average Bonchev–Trinajstić information content (AvgIpc) is 3.67. The summed E-state index contributed by atoms with van der Waals surface area (Å²) in [5, 5.41) is 3.32. The molecule has 1 fully saturated rings. The van der Waals surface area contributed by atoms with Gasteiger partial charge in [-0.1, -0.05) is 30.3 Å². The second-order valence-electron chi connectivity index (χ2n) is 10.3. The number of hydrogen-bond donors (Lipinski definition) is 1. The molecule has 0 radical (unpaired) electrons. The molecule has 4 rings (SSSR count). The zero-order valence-corrected chi connectivity index (χ0v) is 21.3. The van der Waals surface area contributed by atoms with Crippen molar-refractivity contribution in [2.75, 3.05) is 58.7 Å². The van der Waals surface area contributed by atoms with E-state index in [9.17, 15) is 18.0 Å². The summed E-state index contributed by atoms with van der Waals surface area (Å²) in [5.41, 5.74) is 2.95. The minimum Gasteiger partial charge on any atom is -0.376 e. The highest BCUT2D eigenvalue weighted by Gasteiger charge is 2.33. The number of hydrogen-bond acceptors (Lipinski definition) is 4. The first kappa shape index (κ1) is 26.5. The molecule has 1 aliphatic carbocycles. The Morgan fingerprint density at radius 2 is 1.78 bits per heavy atom. The standard InChI is InChI=1S/C28H37F3N4O/c1-33(2)16-17-35(20-23-6-3-4-8-25(23)28(29,30)31)27(36)18-32-26-9-5-7-22-12-14-34(15-13-24(22)26)19-21-10-11-21/h3-9,21,32H,10-20H2,1-2H3. The molecular weight excluding hydrogens is 465 g/mol. The van der Waals surface area contributed by atoms with Crippen molar-refractivity contribution < 1.29 is 18.0 Å². The third kappa shape index (κ3) is 7.23. The molecule has 0 spiro atoms. The molecule has 1 saturated carbocycles. The first-order valence-corrected chi connectivity index (χ1v) is 12.9. The lowest BCUT2D eigenvalue weighted by molar-refractivity contribution is -0.139. The Kier molecular flexibility index (Phi) is 8.57. The van der Waals surface area contributed by atoms with Crippen LogP contribution in [0.2, 0.25) is 0 Å². The van der Waals surface area contributed by atoms with Crippen LogP contribution in [0, 0.1) is 5.92 Å². The highest BCUT2D eigenvalue weighted by atomic mass is 19.4. The summed E-state index contributed by atoms with van der Waals surface area (Å²) in [7, 11) is 3.77. The average molecular weight is 503 g/mol. The fraction of sp³-hybridized carbons (Fsp3) is 0.536. The van der Waals surface area contributed by atoms with Gasteiger partial charge in [-0.15, -0.1) is 0 Å². The lowest BCUT2D eigenvalue weighted by atomic mass is 10.0. The predicted octanol–water partition coefficient (Wildman–Crippen LogP) is 4.52. The fourth-order valence-corrected chi connectivity index (χ4v) is 4.87. The van der Waals surface area contributed by atoms with E-state index in [0.29, 0.717) is 13.1 Å². The van der Waals surface area contributed by atoms with Crippen molar-refractivity contribution in [3.05, 3.63) is 64.7 Å². The number of anilines is 1. The van der Waals surface area contributed by atoms with Gasteiger partial charge in [0.05, 0.1) is 12.1 Å². The van der Waals surface area contributed by atoms with E-state index in [1.165, 1.54) is 47.5 Å². The molecule has 2 aromatic rings. The first-order chi connectivity index (χ1) is 17.2. The Bertz CT molecular complexity index is 1040. The molecule has 5 nitrogen and oxygen atoms in total. The zero-order valence-electron chi connectivity index (χ0n) is 21.3. The third-order valence-electron chi connectivity index (χ3n) is 7.15. The van der Waals surface area contributed by atoms with Gasteiger partial charge in [-0.2, -0.15) is 13.2 Å². The summed E-state index contributed by atoms with van der Waals surface area (Å²) in [6, 6.07) is 11.7. The van der Waals surface area contributed by atoms with Crippen molar-refractivity contribution in [2.45, 2.75) is 38.4 Å². The molecule has 1 heterocycles. The van der Waals surface area contributed by atoms with Gasteiger partial charge < -0.3 is 20.0 Å². The Hall–Kier alpha value is -2.58. The van der Waals surface area contributed by atoms with Crippen molar-refractivity contribution in [2.24, 2.45) is 5.92 Å². The normalized spacial score (nSPS) is 16.5. The Morgan fingerprint density at radius 3 is 2.50 bits per heavy atom. The van der Waals surface area contributed by atoms with Gasteiger partial charge in [0.1, 0.15) is 0 Å². The van der Waals surface area contributed by atoms with Crippen LogP contribution in [0.3, 0.4) is 0 Å². The molecule has 0 bridgehead atoms. The first-order valence-electron chi connectivity index (χ1n) is 12.9. The quantitative estimate of drug-likeness (QED) is 0.519. The maximum Gasteiger partial charge on any atom is 0.416 e. The van der Waals surface area contributed by atoms with Gasteiger partial charge in [0, 0.05) is 45.0 Å². The van der Waals surface area contributed by atoms with Crippen LogP contribution in [-0.4, -0.2) is 74.0 Å². The number of nitrogens with zero attached hydrogens (tertiary/aromatic N) is 3. The summed E-state index contributed by atoms with van der Waals surface area (Å²) in [6.07, 6.45) is 0.157. The number of carbonyl (C=O) groups excluding carboxylic acids is 1. The van der Waals surface area contributed by atoms with E-state index in [-0.39, 0.29) is 24.6 Å². The number of alkyl halides is 3. The van der Waals surface area contributed by atoms with E-state index in [2.05, 4.69) is 16.3 Å². The molecular formula is C28H37F3N4O. The molecule has 2 aromatic carbocycles. The van der Waals surface area contributed by atoms with E-state index in [0.717, 1.165) is 43.6 Å². The second-order valence-corrected chi connectivity index (χ2v) is 10.3. The third-order valence-corrected chi connectivity index (χ3v) is 7.15. The van der Waals surface area contributed by atoms with Crippen LogP contribution < -0.4 is 5.32 Å². The van der Waals surface area contributed by atoms with Gasteiger partial charge in [0.15, 0.2) is 0 Å². The maximum absolute atomic E-state index is 13.6. The van der Waals surface area contributed by atoms with Crippen molar-refractivity contribution >= 4 is 11.6 Å². The van der Waals surface area contributed by atoms with Gasteiger partial charge in [-0.3, -0.25) is 4.79 Å². The summed E-state index contributed by atoms with van der Waals surface area (Å²) in [4.78, 5) is 19.3. The predicted molar refractivity (Wildman–Crippen MR) is 137 cm³/mol. The summed E-state index contributed by atoms with van der Waals surface area (Å²) in [5.74, 6) is 0.646. The van der Waals surface area contributed by atoms with Crippen LogP contribution in [0.1, 0.15) is 35.1 Å². The minimum atomic E-state index is -4.46. The summed E-state index contributed by atoms with van der Waals surface area (Å²) >= 11 is 0. The molecule has 8 heteroatoms. The van der Waals surface area contributed by atoms with Gasteiger partial charge in [-0.25, -0.2) is 0 Å². The van der Waals surface area contributed by atoms with Crippen molar-refractivity contribution in [3.8, 4) is 0 Å². The Morgan fingerprint density at radius 1 is 1.03 bits per heavy atom. The molecule has 0 saturated heterocycles. The van der Waals surface area contributed by atoms with Gasteiger partial charge >= 0.3 is 6.18 Å². The molecule has 2 aliphatic rings. The van der Waals surface area contributed by atoms with Gasteiger partial charge in [-0.05, 0) is 74.5 Å². The molecule has 0 atom stereocenters. The Labute approximate surface area is 212 Å². The topological polar surface area (TPSA) is 38.8 Å². The van der Waals surface area contributed by atoms with Crippen LogP contribution >= 0.6 is 0 Å². The largest absolute Gasteiger partial charge is 0.416 e. The van der Waals surface area contributed by atoms with E-state index in [1.54, 1.807) is 6.07 Å². The number of amides is 1. The van der Waals surface area contributed by atoms with E-state index < -0.39 is 11.7 Å². The van der Waals surface area contributed by atoms with Crippen LogP contribution in [0.4, 0.5) is 18.9 Å². The van der Waals surface area contributed by atoms with Crippen LogP contribution in [0.5, 0.6) is 0 Å². The van der Waals surface area contributed by atoms with Crippen molar-refractivity contribution in [3.63, 3.8) is 0 Å². The molecule has 1 N–H and O–H groups in total. The fourth-order valence-electron chi connectivity index (χ4n) is 4.87. The number of fused-ring (bicyclic) bond motifs is 1. The molecule has 196 valence electrons. The highest BCUT2D eigenvalue weighted by Crippen LogP contribution is 2.33. The van der Waals surface area contributed by atoms with Crippen LogP contribution in [0.25, 0.3) is 0 Å². The zero-order chi connectivity index (χ0) is 25.7. The van der Waals surface area contributed by atoms with Crippen molar-refractivity contribution in [1.29, 1.82) is 0 Å². The molecule has 1 amide bonds. The second kappa shape index (κ2) is 11.6. The smallest absolute Gasteiger partial charge is 0.376 e. The number of nitrogens with one attached hydrogen (secondary N) is 1. The summed E-state index contributed by atoms with van der Waals surface area (Å²) in [6.45, 7) is 4.13. The van der Waals surface area contributed by atoms with E-state index in [1.807, 2.05) is 31.1 Å². The molecule has 36 heavy (non-hydrogen) atoms. The molecule has 0 unspecified atom stereocenters. The summed E-state index contributed by atoms with van der Waals surface area (Å²) < 4.78 is 40.7. The number of carbonyl (C=O) groups is 1. The number of rotatable bonds is 10. The Balaban J connectivity index is 1.44. The van der Waals surface area contributed by atoms with Crippen LogP contribution in [-0.2, 0) is 30.4 Å². The lowest BCUT2D eigenvalue weighted by Crippen LogP contribution is -2.39. The number of benzene rings is 2. The SMILES string of the molecule is CN(C)CCN(Cc1ccccc1C(F)(F)F)C(=O)CNc1cccc2c1CCN(CC1CC1)CC2.